The van der Waals surface area contributed by atoms with E-state index in [2.05, 4.69) is 0 Å². The maximum Gasteiger partial charge on any atom is 0.302 e. The van der Waals surface area contributed by atoms with Gasteiger partial charge < -0.3 is 14.2 Å². The Bertz CT molecular complexity index is 405. The summed E-state index contributed by atoms with van der Waals surface area (Å²) in [6.45, 7) is 8.14. The van der Waals surface area contributed by atoms with Gasteiger partial charge in [0.25, 0.3) is 0 Å². The summed E-state index contributed by atoms with van der Waals surface area (Å²) in [6, 6.07) is 0. The second-order valence-corrected chi connectivity index (χ2v) is 5.74. The highest BCUT2D eigenvalue weighted by Crippen LogP contribution is 2.38. The molecule has 0 aliphatic heterocycles. The van der Waals surface area contributed by atoms with Crippen LogP contribution in [0.15, 0.2) is 0 Å². The maximum atomic E-state index is 11.3. The summed E-state index contributed by atoms with van der Waals surface area (Å²) in [5.74, 6) is -1.19. The van der Waals surface area contributed by atoms with E-state index >= 15 is 0 Å². The van der Waals surface area contributed by atoms with E-state index < -0.39 is 0 Å². The van der Waals surface area contributed by atoms with Gasteiger partial charge in [0.2, 0.25) is 0 Å². The smallest absolute Gasteiger partial charge is 0.302 e. The van der Waals surface area contributed by atoms with Crippen LogP contribution in [-0.4, -0.2) is 36.7 Å². The van der Waals surface area contributed by atoms with Crippen LogP contribution in [0, 0.1) is 17.8 Å². The maximum absolute atomic E-state index is 11.3. The van der Waals surface area contributed by atoms with Crippen molar-refractivity contribution >= 4 is 17.9 Å². The van der Waals surface area contributed by atoms with Crippen LogP contribution in [0.3, 0.4) is 0 Å². The molecule has 0 aromatic heterocycles. The van der Waals surface area contributed by atoms with Gasteiger partial charge in [-0.25, -0.2) is 0 Å². The number of hydrogen-bond donors (Lipinski definition) is 0. The fourth-order valence-corrected chi connectivity index (χ4v) is 2.87. The summed E-state index contributed by atoms with van der Waals surface area (Å²) in [6.07, 6.45) is -0.0930. The average Bonchev–Trinajstić information content (AvgIpc) is 2.35. The molecule has 6 heteroatoms. The number of carbonyl (C=O) groups is 3. The van der Waals surface area contributed by atoms with Crippen molar-refractivity contribution in [3.8, 4) is 0 Å². The summed E-state index contributed by atoms with van der Waals surface area (Å²) < 4.78 is 15.8. The molecular formula is C15H24O6. The molecule has 21 heavy (non-hydrogen) atoms. The number of hydrogen-bond acceptors (Lipinski definition) is 6. The summed E-state index contributed by atoms with van der Waals surface area (Å²) in [7, 11) is 0. The molecule has 1 aliphatic carbocycles. The topological polar surface area (TPSA) is 78.9 Å². The third-order valence-electron chi connectivity index (χ3n) is 4.05. The quantitative estimate of drug-likeness (QED) is 0.581. The Morgan fingerprint density at radius 2 is 1.48 bits per heavy atom. The Kier molecular flexibility index (Phi) is 6.18. The van der Waals surface area contributed by atoms with E-state index in [1.807, 2.05) is 13.8 Å². The zero-order chi connectivity index (χ0) is 16.2. The minimum atomic E-state index is -0.383. The molecule has 6 nitrogen and oxygen atoms in total. The van der Waals surface area contributed by atoms with Crippen LogP contribution < -0.4 is 0 Å². The van der Waals surface area contributed by atoms with Gasteiger partial charge >= 0.3 is 17.9 Å². The van der Waals surface area contributed by atoms with E-state index in [0.29, 0.717) is 6.42 Å². The molecule has 0 aromatic carbocycles. The van der Waals surface area contributed by atoms with E-state index in [1.54, 1.807) is 0 Å². The lowest BCUT2D eigenvalue weighted by atomic mass is 9.72. The Labute approximate surface area is 125 Å². The van der Waals surface area contributed by atoms with Crippen molar-refractivity contribution < 1.29 is 28.6 Å². The zero-order valence-electron chi connectivity index (χ0n) is 13.3. The molecule has 0 bridgehead atoms. The first kappa shape index (κ1) is 17.5. The highest BCUT2D eigenvalue weighted by atomic mass is 16.6. The monoisotopic (exact) mass is 300 g/mol. The van der Waals surface area contributed by atoms with Crippen LogP contribution in [0.25, 0.3) is 0 Å². The van der Waals surface area contributed by atoms with Crippen molar-refractivity contribution in [2.75, 3.05) is 6.61 Å². The van der Waals surface area contributed by atoms with Gasteiger partial charge in [-0.05, 0) is 18.3 Å². The number of ether oxygens (including phenoxy) is 3. The Morgan fingerprint density at radius 3 is 1.95 bits per heavy atom. The lowest BCUT2D eigenvalue weighted by molar-refractivity contribution is -0.176. The summed E-state index contributed by atoms with van der Waals surface area (Å²) >= 11 is 0. The molecule has 1 fully saturated rings. The summed E-state index contributed by atoms with van der Waals surface area (Å²) in [4.78, 5) is 33.5. The Hall–Kier alpha value is -1.59. The highest BCUT2D eigenvalue weighted by molar-refractivity contribution is 5.67. The van der Waals surface area contributed by atoms with Crippen molar-refractivity contribution in [2.24, 2.45) is 17.8 Å². The van der Waals surface area contributed by atoms with Crippen LogP contribution in [0.2, 0.25) is 0 Å². The number of carbonyl (C=O) groups excluding carboxylic acids is 3. The molecule has 3 unspecified atom stereocenters. The predicted octanol–water partition coefficient (Wildman–Crippen LogP) is 1.71. The molecule has 0 N–H and O–H groups in total. The van der Waals surface area contributed by atoms with Crippen molar-refractivity contribution in [1.29, 1.82) is 0 Å². The molecule has 1 rings (SSSR count). The molecule has 1 saturated carbocycles. The van der Waals surface area contributed by atoms with Gasteiger partial charge in [0.1, 0.15) is 12.2 Å². The lowest BCUT2D eigenvalue weighted by Crippen LogP contribution is -2.48. The molecule has 5 atom stereocenters. The third-order valence-corrected chi connectivity index (χ3v) is 4.05. The van der Waals surface area contributed by atoms with E-state index in [4.69, 9.17) is 14.2 Å². The molecule has 0 spiro atoms. The second kappa shape index (κ2) is 7.43. The zero-order valence-corrected chi connectivity index (χ0v) is 13.3. The Morgan fingerprint density at radius 1 is 0.905 bits per heavy atom. The van der Waals surface area contributed by atoms with Gasteiger partial charge in [0.05, 0.1) is 6.61 Å². The largest absolute Gasteiger partial charge is 0.465 e. The van der Waals surface area contributed by atoms with Crippen LogP contribution in [0.1, 0.15) is 41.0 Å². The van der Waals surface area contributed by atoms with Gasteiger partial charge in [0, 0.05) is 26.7 Å². The standard InChI is InChI=1S/C15H24O6/c1-8-9(2)15(21-12(5)18)13(7-19-10(3)16)6-14(8)20-11(4)17/h8-9,13-15H,6-7H2,1-5H3/t8?,9-,13?,14?,15-/m1/s1. The van der Waals surface area contributed by atoms with Crippen LogP contribution in [-0.2, 0) is 28.6 Å². The number of rotatable bonds is 4. The highest BCUT2D eigenvalue weighted by Gasteiger charge is 2.44. The van der Waals surface area contributed by atoms with Crippen LogP contribution >= 0.6 is 0 Å². The fraction of sp³-hybridized carbons (Fsp3) is 0.800. The van der Waals surface area contributed by atoms with Gasteiger partial charge in [-0.1, -0.05) is 13.8 Å². The average molecular weight is 300 g/mol. The SMILES string of the molecule is CC(=O)OCC1CC(OC(C)=O)C(C)[C@@H](C)[C@H]1OC(C)=O. The minimum Gasteiger partial charge on any atom is -0.465 e. The third kappa shape index (κ3) is 5.02. The van der Waals surface area contributed by atoms with Crippen LogP contribution in [0.5, 0.6) is 0 Å². The van der Waals surface area contributed by atoms with E-state index in [0.717, 1.165) is 0 Å². The Balaban J connectivity index is 2.86. The van der Waals surface area contributed by atoms with Gasteiger partial charge in [0.15, 0.2) is 0 Å². The van der Waals surface area contributed by atoms with Gasteiger partial charge in [-0.3, -0.25) is 14.4 Å². The second-order valence-electron chi connectivity index (χ2n) is 5.74. The lowest BCUT2D eigenvalue weighted by Gasteiger charge is -2.43. The molecule has 120 valence electrons. The minimum absolute atomic E-state index is 0.00700. The molecule has 0 radical (unpaired) electrons. The molecule has 0 aromatic rings. The molecule has 1 aliphatic rings. The van der Waals surface area contributed by atoms with E-state index in [1.165, 1.54) is 20.8 Å². The number of esters is 3. The fourth-order valence-electron chi connectivity index (χ4n) is 2.87. The first-order valence-electron chi connectivity index (χ1n) is 7.20. The molecular weight excluding hydrogens is 276 g/mol. The van der Waals surface area contributed by atoms with Gasteiger partial charge in [-0.15, -0.1) is 0 Å². The van der Waals surface area contributed by atoms with Crippen molar-refractivity contribution in [1.82, 2.24) is 0 Å². The first-order valence-corrected chi connectivity index (χ1v) is 7.20. The predicted molar refractivity (Wildman–Crippen MR) is 74.2 cm³/mol. The van der Waals surface area contributed by atoms with E-state index in [9.17, 15) is 14.4 Å². The first-order chi connectivity index (χ1) is 9.72. The molecule has 0 heterocycles. The van der Waals surface area contributed by atoms with Crippen LogP contribution in [0.4, 0.5) is 0 Å². The molecule has 0 saturated heterocycles. The normalized spacial score (nSPS) is 32.1. The molecule has 0 amide bonds. The summed E-state index contributed by atoms with van der Waals surface area (Å²) in [5, 5.41) is 0. The van der Waals surface area contributed by atoms with Crippen molar-refractivity contribution in [2.45, 2.75) is 53.2 Å². The van der Waals surface area contributed by atoms with Gasteiger partial charge in [-0.2, -0.15) is 0 Å². The summed E-state index contributed by atoms with van der Waals surface area (Å²) in [5.41, 5.74) is 0. The van der Waals surface area contributed by atoms with E-state index in [-0.39, 0.29) is 54.5 Å². The van der Waals surface area contributed by atoms with Crippen molar-refractivity contribution in [3.63, 3.8) is 0 Å². The van der Waals surface area contributed by atoms with Crippen molar-refractivity contribution in [3.05, 3.63) is 0 Å².